The molecule has 0 amide bonds. The lowest BCUT2D eigenvalue weighted by molar-refractivity contribution is 0.297. The van der Waals surface area contributed by atoms with E-state index in [4.69, 9.17) is 5.26 Å². The van der Waals surface area contributed by atoms with Crippen molar-refractivity contribution < 1.29 is 0 Å². The molecule has 8 nitrogen and oxygen atoms in total. The van der Waals surface area contributed by atoms with Crippen LogP contribution in [0.25, 0.3) is 5.69 Å². The Kier molecular flexibility index (Phi) is 3.73. The van der Waals surface area contributed by atoms with E-state index in [2.05, 4.69) is 54.8 Å². The van der Waals surface area contributed by atoms with Gasteiger partial charge in [0, 0.05) is 43.0 Å². The molecule has 3 aromatic rings. The quantitative estimate of drug-likeness (QED) is 0.733. The number of rotatable bonds is 4. The third-order valence-electron chi connectivity index (χ3n) is 5.20. The van der Waals surface area contributed by atoms with E-state index in [9.17, 15) is 0 Å². The lowest BCUT2D eigenvalue weighted by Crippen LogP contribution is -2.51. The molecule has 2 aromatic heterocycles. The largest absolute Gasteiger partial charge is 0.370 e. The smallest absolute Gasteiger partial charge is 0.158 e. The highest BCUT2D eigenvalue weighted by Crippen LogP contribution is 2.29. The van der Waals surface area contributed by atoms with Gasteiger partial charge < -0.3 is 20.1 Å². The van der Waals surface area contributed by atoms with Crippen molar-refractivity contribution in [2.45, 2.75) is 6.04 Å². The first-order valence-corrected chi connectivity index (χ1v) is 8.90. The van der Waals surface area contributed by atoms with Crippen molar-refractivity contribution >= 4 is 17.3 Å². The number of fused-ring (bicyclic) bond motifs is 1. The van der Waals surface area contributed by atoms with Crippen LogP contribution < -0.4 is 15.5 Å². The third-order valence-corrected chi connectivity index (χ3v) is 5.20. The Hall–Kier alpha value is -3.44. The molecule has 5 rings (SSSR count). The molecule has 2 aliphatic heterocycles. The van der Waals surface area contributed by atoms with Crippen LogP contribution in [0.1, 0.15) is 5.69 Å². The molecule has 0 spiro atoms. The summed E-state index contributed by atoms with van der Waals surface area (Å²) in [6.45, 7) is 3.38. The first-order valence-electron chi connectivity index (χ1n) is 8.90. The van der Waals surface area contributed by atoms with Crippen molar-refractivity contribution in [1.29, 1.82) is 5.26 Å². The fraction of sp³-hybridized carbons (Fsp3) is 0.263. The van der Waals surface area contributed by atoms with Crippen molar-refractivity contribution in [2.24, 2.45) is 5.92 Å². The van der Waals surface area contributed by atoms with E-state index in [1.807, 2.05) is 16.8 Å². The molecule has 2 aliphatic rings. The summed E-state index contributed by atoms with van der Waals surface area (Å²) < 4.78 is 1.96. The fourth-order valence-corrected chi connectivity index (χ4v) is 3.61. The Labute approximate surface area is 156 Å². The summed E-state index contributed by atoms with van der Waals surface area (Å²) in [4.78, 5) is 14.9. The molecule has 0 saturated carbocycles. The molecule has 0 aliphatic carbocycles. The maximum Gasteiger partial charge on any atom is 0.158 e. The van der Waals surface area contributed by atoms with Crippen molar-refractivity contribution in [3.63, 3.8) is 0 Å². The minimum absolute atomic E-state index is 0.285. The number of benzene rings is 1. The molecule has 0 radical (unpaired) electrons. The number of nitrogens with one attached hydrogen (secondary N) is 2. The van der Waals surface area contributed by atoms with Gasteiger partial charge in [0.15, 0.2) is 5.69 Å². The zero-order valence-electron chi connectivity index (χ0n) is 14.6. The molecule has 2 saturated heterocycles. The standard InChI is InChI=1S/C19H18N8/c20-5-14-7-23-18(8-21-14)25-19-11-27(12-24-19)16-3-1-15(2-4-16)26-9-13-6-22-17(13)10-26/h1-4,7-8,11-13,17,22H,6,9-10H2,(H,23,25)/t13-,17+/m1/s1. The van der Waals surface area contributed by atoms with Gasteiger partial charge in [-0.2, -0.15) is 5.26 Å². The van der Waals surface area contributed by atoms with Gasteiger partial charge in [-0.1, -0.05) is 0 Å². The number of aromatic nitrogens is 4. The Balaban J connectivity index is 1.28. The van der Waals surface area contributed by atoms with Gasteiger partial charge >= 0.3 is 0 Å². The molecule has 8 heteroatoms. The zero-order valence-corrected chi connectivity index (χ0v) is 14.6. The number of nitrogens with zero attached hydrogens (tertiary/aromatic N) is 6. The average Bonchev–Trinajstić information content (AvgIpc) is 3.27. The van der Waals surface area contributed by atoms with Gasteiger partial charge in [-0.3, -0.25) is 0 Å². The summed E-state index contributed by atoms with van der Waals surface area (Å²) in [7, 11) is 0. The van der Waals surface area contributed by atoms with Gasteiger partial charge in [0.2, 0.25) is 0 Å². The Morgan fingerprint density at radius 3 is 2.52 bits per heavy atom. The van der Waals surface area contributed by atoms with Crippen LogP contribution in [0.15, 0.2) is 49.2 Å². The molecule has 2 N–H and O–H groups in total. The van der Waals surface area contributed by atoms with E-state index in [0.29, 0.717) is 17.7 Å². The number of hydrogen-bond acceptors (Lipinski definition) is 7. The molecule has 2 atom stereocenters. The van der Waals surface area contributed by atoms with Gasteiger partial charge in [0.05, 0.1) is 18.6 Å². The van der Waals surface area contributed by atoms with E-state index < -0.39 is 0 Å². The normalized spacial score (nSPS) is 20.6. The van der Waals surface area contributed by atoms with Crippen LogP contribution in [-0.2, 0) is 0 Å². The summed E-state index contributed by atoms with van der Waals surface area (Å²) in [5.41, 5.74) is 2.60. The molecule has 4 heterocycles. The SMILES string of the molecule is N#Cc1cnc(Nc2cn(-c3ccc(N4C[C@H]5CN[C@H]5C4)cc3)cn2)cn1. The molecule has 1 aromatic carbocycles. The summed E-state index contributed by atoms with van der Waals surface area (Å²) in [5, 5.41) is 15.3. The lowest BCUT2D eigenvalue weighted by atomic mass is 9.96. The van der Waals surface area contributed by atoms with E-state index >= 15 is 0 Å². The summed E-state index contributed by atoms with van der Waals surface area (Å²) in [6.07, 6.45) is 6.60. The van der Waals surface area contributed by atoms with Crippen LogP contribution in [0, 0.1) is 17.2 Å². The van der Waals surface area contributed by atoms with Crippen LogP contribution in [-0.4, -0.2) is 45.2 Å². The average molecular weight is 358 g/mol. The number of hydrogen-bond donors (Lipinski definition) is 2. The first-order chi connectivity index (χ1) is 13.3. The van der Waals surface area contributed by atoms with Gasteiger partial charge in [0.1, 0.15) is 24.0 Å². The van der Waals surface area contributed by atoms with Gasteiger partial charge in [0.25, 0.3) is 0 Å². The van der Waals surface area contributed by atoms with Gasteiger partial charge in [-0.15, -0.1) is 0 Å². The zero-order chi connectivity index (χ0) is 18.2. The first kappa shape index (κ1) is 15.8. The topological polar surface area (TPSA) is 94.7 Å². The molecule has 27 heavy (non-hydrogen) atoms. The predicted octanol–water partition coefficient (Wildman–Crippen LogP) is 1.69. The Morgan fingerprint density at radius 2 is 1.89 bits per heavy atom. The van der Waals surface area contributed by atoms with Crippen LogP contribution >= 0.6 is 0 Å². The molecule has 0 bridgehead atoms. The highest BCUT2D eigenvalue weighted by molar-refractivity contribution is 5.54. The highest BCUT2D eigenvalue weighted by atomic mass is 15.2. The van der Waals surface area contributed by atoms with Crippen LogP contribution in [0.5, 0.6) is 0 Å². The number of anilines is 3. The molecular formula is C19H18N8. The molecule has 0 unspecified atom stereocenters. The summed E-state index contributed by atoms with van der Waals surface area (Å²) in [6, 6.07) is 11.2. The molecule has 2 fully saturated rings. The molecule has 134 valence electrons. The molecular weight excluding hydrogens is 340 g/mol. The maximum absolute atomic E-state index is 8.77. The fourth-order valence-electron chi connectivity index (χ4n) is 3.61. The van der Waals surface area contributed by atoms with Crippen molar-refractivity contribution in [3.8, 4) is 11.8 Å². The van der Waals surface area contributed by atoms with Crippen LogP contribution in [0.4, 0.5) is 17.3 Å². The highest BCUT2D eigenvalue weighted by Gasteiger charge is 2.38. The van der Waals surface area contributed by atoms with Crippen molar-refractivity contribution in [1.82, 2.24) is 24.8 Å². The minimum Gasteiger partial charge on any atom is -0.370 e. The van der Waals surface area contributed by atoms with Gasteiger partial charge in [-0.25, -0.2) is 15.0 Å². The second kappa shape index (κ2) is 6.37. The van der Waals surface area contributed by atoms with E-state index in [1.54, 1.807) is 6.33 Å². The van der Waals surface area contributed by atoms with Crippen LogP contribution in [0.2, 0.25) is 0 Å². The minimum atomic E-state index is 0.285. The van der Waals surface area contributed by atoms with Crippen molar-refractivity contribution in [3.05, 3.63) is 54.9 Å². The number of nitriles is 1. The lowest BCUT2D eigenvalue weighted by Gasteiger charge is -2.29. The Morgan fingerprint density at radius 1 is 1.04 bits per heavy atom. The number of imidazole rings is 1. The van der Waals surface area contributed by atoms with E-state index in [1.165, 1.54) is 18.1 Å². The summed E-state index contributed by atoms with van der Waals surface area (Å²) >= 11 is 0. The second-order valence-electron chi connectivity index (χ2n) is 6.89. The van der Waals surface area contributed by atoms with Crippen molar-refractivity contribution in [2.75, 3.05) is 29.9 Å². The maximum atomic E-state index is 8.77. The van der Waals surface area contributed by atoms with Crippen LogP contribution in [0.3, 0.4) is 0 Å². The second-order valence-corrected chi connectivity index (χ2v) is 6.89. The van der Waals surface area contributed by atoms with E-state index in [-0.39, 0.29) is 5.69 Å². The van der Waals surface area contributed by atoms with E-state index in [0.717, 1.165) is 31.2 Å². The monoisotopic (exact) mass is 358 g/mol. The predicted molar refractivity (Wildman–Crippen MR) is 101 cm³/mol. The third kappa shape index (κ3) is 2.98. The summed E-state index contributed by atoms with van der Waals surface area (Å²) in [5.74, 6) is 2.02. The van der Waals surface area contributed by atoms with Gasteiger partial charge in [-0.05, 0) is 24.3 Å². The Bertz CT molecular complexity index is 974.